The van der Waals surface area contributed by atoms with E-state index in [1.807, 2.05) is 0 Å². The highest BCUT2D eigenvalue weighted by Crippen LogP contribution is 2.53. The Hall–Kier alpha value is -7.18. The van der Waals surface area contributed by atoms with Crippen molar-refractivity contribution >= 4 is 54.5 Å². The first-order chi connectivity index (χ1) is 33.7. The summed E-state index contributed by atoms with van der Waals surface area (Å²) in [4.78, 5) is 12.6. The van der Waals surface area contributed by atoms with Crippen molar-refractivity contribution in [1.82, 2.24) is 9.97 Å². The normalized spacial score (nSPS) is 16.6. The zero-order valence-electron chi connectivity index (χ0n) is 39.3. The summed E-state index contributed by atoms with van der Waals surface area (Å²) in [6.45, 7) is 9.54. The van der Waals surface area contributed by atoms with Gasteiger partial charge in [-0.1, -0.05) is 161 Å². The van der Waals surface area contributed by atoms with Crippen molar-refractivity contribution in [3.8, 4) is 43.4 Å². The topological polar surface area (TPSA) is 29.0 Å². The SMILES string of the molecule is CC1(C)C2=C(CCC=C2)N(c2ccc(-c3ccc(-c4ccc(CC5c6ccccc6C(C)(C)c6cc(-c7nc8ccccc8s7)ccc65)cc4)cc3)cc2)c2ccc(-c3nc4ccccc4s3)cc21. The molecule has 8 aromatic carbocycles. The molecule has 13 rings (SSSR count). The maximum Gasteiger partial charge on any atom is 0.124 e. The smallest absolute Gasteiger partial charge is 0.124 e. The molecule has 0 N–H and O–H groups in total. The van der Waals surface area contributed by atoms with Gasteiger partial charge in [0.2, 0.25) is 0 Å². The molecule has 3 nitrogen and oxygen atoms in total. The lowest BCUT2D eigenvalue weighted by atomic mass is 9.64. The van der Waals surface area contributed by atoms with Gasteiger partial charge in [0, 0.05) is 44.9 Å². The maximum absolute atomic E-state index is 5.03. The minimum absolute atomic E-state index is 0.122. The lowest BCUT2D eigenvalue weighted by Gasteiger charge is -2.44. The van der Waals surface area contributed by atoms with Crippen LogP contribution >= 0.6 is 22.7 Å². The maximum atomic E-state index is 5.03. The molecular formula is C64H51N3S2. The number of hydrogen-bond acceptors (Lipinski definition) is 5. The van der Waals surface area contributed by atoms with E-state index in [-0.39, 0.29) is 16.7 Å². The highest BCUT2D eigenvalue weighted by molar-refractivity contribution is 7.22. The molecular weight excluding hydrogens is 875 g/mol. The van der Waals surface area contributed by atoms with Crippen molar-refractivity contribution in [1.29, 1.82) is 0 Å². The Kier molecular flexibility index (Phi) is 9.87. The summed E-state index contributed by atoms with van der Waals surface area (Å²) in [5.74, 6) is 0.267. The van der Waals surface area contributed by atoms with Gasteiger partial charge < -0.3 is 4.90 Å². The van der Waals surface area contributed by atoms with Gasteiger partial charge in [0.25, 0.3) is 0 Å². The van der Waals surface area contributed by atoms with Crippen LogP contribution in [-0.2, 0) is 17.3 Å². The van der Waals surface area contributed by atoms with Gasteiger partial charge in [-0.25, -0.2) is 9.97 Å². The zero-order valence-corrected chi connectivity index (χ0v) is 41.0. The third-order valence-electron chi connectivity index (χ3n) is 15.3. The van der Waals surface area contributed by atoms with Gasteiger partial charge in [0.05, 0.1) is 20.4 Å². The van der Waals surface area contributed by atoms with E-state index in [1.54, 1.807) is 22.7 Å². The first kappa shape index (κ1) is 42.0. The van der Waals surface area contributed by atoms with Crippen LogP contribution < -0.4 is 4.90 Å². The van der Waals surface area contributed by atoms with E-state index in [0.29, 0.717) is 0 Å². The molecule has 1 atom stereocenters. The number of benzene rings is 8. The largest absolute Gasteiger partial charge is 0.314 e. The highest BCUT2D eigenvalue weighted by atomic mass is 32.1. The molecule has 0 bridgehead atoms. The molecule has 2 aromatic heterocycles. The number of para-hydroxylation sites is 2. The minimum Gasteiger partial charge on any atom is -0.314 e. The predicted octanol–water partition coefficient (Wildman–Crippen LogP) is 17.6. The Morgan fingerprint density at radius 3 is 1.67 bits per heavy atom. The molecule has 0 saturated heterocycles. The summed E-state index contributed by atoms with van der Waals surface area (Å²) in [5, 5.41) is 2.15. The van der Waals surface area contributed by atoms with Crippen molar-refractivity contribution in [3.05, 3.63) is 239 Å². The van der Waals surface area contributed by atoms with E-state index < -0.39 is 0 Å². The molecule has 334 valence electrons. The van der Waals surface area contributed by atoms with Gasteiger partial charge in [0.1, 0.15) is 10.0 Å². The number of allylic oxidation sites excluding steroid dienone is 4. The van der Waals surface area contributed by atoms with Gasteiger partial charge in [-0.2, -0.15) is 0 Å². The molecule has 0 spiro atoms. The van der Waals surface area contributed by atoms with Crippen molar-refractivity contribution in [2.24, 2.45) is 0 Å². The Morgan fingerprint density at radius 1 is 0.507 bits per heavy atom. The fraction of sp³-hybridized carbons (Fsp3) is 0.156. The zero-order chi connectivity index (χ0) is 46.4. The number of rotatable bonds is 7. The Balaban J connectivity index is 0.756. The van der Waals surface area contributed by atoms with Gasteiger partial charge in [-0.3, -0.25) is 0 Å². The standard InChI is InChI=1S/C64H51N3S2/c1-63(2)51-14-6-5-13-48(51)50(49-35-31-45(38-53(49)63)61-65-55-16-8-11-19-59(55)68-61)37-40-21-23-41(24-22-40)42-25-27-43(28-26-42)44-29-33-47(34-30-44)67-57-18-10-7-15-52(57)64(3,4)54-39-46(32-36-58(54)67)62-66-56-17-9-12-20-60(56)69-62/h5-9,11-17,19-36,38-39,50H,10,18,37H2,1-4H3. The lowest BCUT2D eigenvalue weighted by molar-refractivity contribution is 0.579. The Bertz CT molecular complexity index is 3630. The van der Waals surface area contributed by atoms with Gasteiger partial charge in [-0.05, 0) is 141 Å². The van der Waals surface area contributed by atoms with Crippen molar-refractivity contribution in [3.63, 3.8) is 0 Å². The summed E-state index contributed by atoms with van der Waals surface area (Å²) in [6, 6.07) is 67.7. The molecule has 0 saturated carbocycles. The van der Waals surface area contributed by atoms with Crippen molar-refractivity contribution in [2.75, 3.05) is 4.90 Å². The second-order valence-corrected chi connectivity index (χ2v) is 22.1. The van der Waals surface area contributed by atoms with Crippen LogP contribution in [0.3, 0.4) is 0 Å². The van der Waals surface area contributed by atoms with Gasteiger partial charge >= 0.3 is 0 Å². The fourth-order valence-corrected chi connectivity index (χ4v) is 13.5. The van der Waals surface area contributed by atoms with E-state index in [1.165, 1.54) is 98.8 Å². The molecule has 0 amide bonds. The van der Waals surface area contributed by atoms with E-state index in [2.05, 4.69) is 227 Å². The summed E-state index contributed by atoms with van der Waals surface area (Å²) in [6.07, 6.45) is 7.73. The second kappa shape index (κ2) is 16.2. The van der Waals surface area contributed by atoms with Crippen LogP contribution in [0.2, 0.25) is 0 Å². The Labute approximate surface area is 412 Å². The van der Waals surface area contributed by atoms with Crippen molar-refractivity contribution in [2.45, 2.75) is 63.7 Å². The van der Waals surface area contributed by atoms with Crippen LogP contribution in [0, 0.1) is 0 Å². The monoisotopic (exact) mass is 925 g/mol. The van der Waals surface area contributed by atoms with Crippen LogP contribution in [0.15, 0.2) is 205 Å². The lowest BCUT2D eigenvalue weighted by Crippen LogP contribution is -2.34. The van der Waals surface area contributed by atoms with Crippen LogP contribution in [0.1, 0.15) is 79.8 Å². The molecule has 0 radical (unpaired) electrons. The third-order valence-corrected chi connectivity index (χ3v) is 17.4. The van der Waals surface area contributed by atoms with Crippen LogP contribution in [0.4, 0.5) is 11.4 Å². The number of fused-ring (bicyclic) bond motifs is 5. The van der Waals surface area contributed by atoms with E-state index >= 15 is 0 Å². The van der Waals surface area contributed by atoms with Crippen LogP contribution in [-0.4, -0.2) is 9.97 Å². The first-order valence-corrected chi connectivity index (χ1v) is 25.9. The number of thiazole rings is 2. The first-order valence-electron chi connectivity index (χ1n) is 24.3. The van der Waals surface area contributed by atoms with Crippen molar-refractivity contribution < 1.29 is 0 Å². The van der Waals surface area contributed by atoms with Gasteiger partial charge in [0.15, 0.2) is 0 Å². The predicted molar refractivity (Wildman–Crippen MR) is 292 cm³/mol. The molecule has 1 aliphatic heterocycles. The molecule has 1 unspecified atom stereocenters. The van der Waals surface area contributed by atoms with E-state index in [4.69, 9.17) is 9.97 Å². The average molecular weight is 926 g/mol. The van der Waals surface area contributed by atoms with Gasteiger partial charge in [-0.15, -0.1) is 22.7 Å². The molecule has 69 heavy (non-hydrogen) atoms. The summed E-state index contributed by atoms with van der Waals surface area (Å²) in [5.41, 5.74) is 22.7. The highest BCUT2D eigenvalue weighted by Gasteiger charge is 2.40. The molecule has 5 heteroatoms. The van der Waals surface area contributed by atoms with Crippen LogP contribution in [0.5, 0.6) is 0 Å². The summed E-state index contributed by atoms with van der Waals surface area (Å²) in [7, 11) is 0. The number of nitrogens with zero attached hydrogens (tertiary/aromatic N) is 3. The number of hydrogen-bond donors (Lipinski definition) is 0. The number of aromatic nitrogens is 2. The third kappa shape index (κ3) is 7.05. The quantitative estimate of drug-likeness (QED) is 0.159. The fourth-order valence-electron chi connectivity index (χ4n) is 11.6. The molecule has 3 heterocycles. The molecule has 2 aliphatic carbocycles. The molecule has 10 aromatic rings. The summed E-state index contributed by atoms with van der Waals surface area (Å²) >= 11 is 3.55. The second-order valence-electron chi connectivity index (χ2n) is 20.1. The van der Waals surface area contributed by atoms with Crippen LogP contribution in [0.25, 0.3) is 63.8 Å². The summed E-state index contributed by atoms with van der Waals surface area (Å²) < 4.78 is 2.45. The minimum atomic E-state index is -0.137. The average Bonchev–Trinajstić information content (AvgIpc) is 4.04. The van der Waals surface area contributed by atoms with E-state index in [0.717, 1.165) is 40.3 Å². The van der Waals surface area contributed by atoms with E-state index in [9.17, 15) is 0 Å². The Morgan fingerprint density at radius 2 is 1.03 bits per heavy atom. The number of anilines is 2. The molecule has 0 fully saturated rings. The molecule has 3 aliphatic rings.